The third-order valence-electron chi connectivity index (χ3n) is 3.41. The topological polar surface area (TPSA) is 93.7 Å². The van der Waals surface area contributed by atoms with Crippen LogP contribution in [0.1, 0.15) is 16.8 Å². The lowest BCUT2D eigenvalue weighted by atomic mass is 10.2. The van der Waals surface area contributed by atoms with Crippen molar-refractivity contribution < 1.29 is 22.7 Å². The Morgan fingerprint density at radius 2 is 1.83 bits per heavy atom. The van der Waals surface area contributed by atoms with Crippen LogP contribution in [0, 0.1) is 0 Å². The van der Waals surface area contributed by atoms with E-state index >= 15 is 0 Å². The molecule has 1 fully saturated rings. The van der Waals surface area contributed by atoms with Crippen LogP contribution in [0.5, 0.6) is 11.5 Å². The highest BCUT2D eigenvalue weighted by atomic mass is 32.2. The molecule has 126 valence electrons. The van der Waals surface area contributed by atoms with Crippen LogP contribution < -0.4 is 20.1 Å². The Labute approximate surface area is 140 Å². The summed E-state index contributed by atoms with van der Waals surface area (Å²) < 4.78 is 33.0. The number of rotatable bonds is 4. The van der Waals surface area contributed by atoms with Gasteiger partial charge < -0.3 is 14.8 Å². The number of hydrogen-bond donors (Lipinski definition) is 2. The van der Waals surface area contributed by atoms with Crippen LogP contribution in [0.2, 0.25) is 0 Å². The first-order valence-corrected chi connectivity index (χ1v) is 9.11. The Morgan fingerprint density at radius 1 is 1.22 bits per heavy atom. The molecule has 1 heterocycles. The number of sulfone groups is 1. The molecule has 1 amide bonds. The number of benzene rings is 1. The molecule has 0 aromatic heterocycles. The molecule has 7 nitrogen and oxygen atoms in total. The number of carbonyl (C=O) groups excluding carboxylic acids is 1. The second kappa shape index (κ2) is 7.14. The molecule has 1 aromatic rings. The molecule has 1 aliphatic rings. The van der Waals surface area contributed by atoms with E-state index in [0.29, 0.717) is 23.5 Å². The quantitative estimate of drug-likeness (QED) is 0.757. The lowest BCUT2D eigenvalue weighted by molar-refractivity contribution is 0.0976. The Hall–Kier alpha value is -1.87. The van der Waals surface area contributed by atoms with Crippen LogP contribution in [0.3, 0.4) is 0 Å². The number of nitrogens with one attached hydrogen (secondary N) is 2. The molecule has 1 saturated heterocycles. The van der Waals surface area contributed by atoms with Gasteiger partial charge >= 0.3 is 0 Å². The van der Waals surface area contributed by atoms with Crippen LogP contribution in [-0.4, -0.2) is 51.2 Å². The van der Waals surface area contributed by atoms with E-state index in [2.05, 4.69) is 10.6 Å². The Morgan fingerprint density at radius 3 is 2.30 bits per heavy atom. The predicted octanol–water partition coefficient (Wildman–Crippen LogP) is 0.495. The van der Waals surface area contributed by atoms with Crippen molar-refractivity contribution in [3.8, 4) is 11.5 Å². The summed E-state index contributed by atoms with van der Waals surface area (Å²) in [4.78, 5) is 12.2. The molecule has 1 aliphatic heterocycles. The number of amides is 1. The van der Waals surface area contributed by atoms with Gasteiger partial charge in [-0.15, -0.1) is 0 Å². The minimum Gasteiger partial charge on any atom is -0.497 e. The van der Waals surface area contributed by atoms with Gasteiger partial charge in [0.15, 0.2) is 14.9 Å². The Kier molecular flexibility index (Phi) is 5.42. The lowest BCUT2D eigenvalue weighted by Crippen LogP contribution is -2.44. The van der Waals surface area contributed by atoms with Gasteiger partial charge in [-0.2, -0.15) is 0 Å². The maximum atomic E-state index is 12.2. The standard InChI is InChI=1S/C14H18N2O5S2/c1-20-11-5-9(6-12(7-11)21-2)13(17)16-14(22)15-10-3-4-23(18,19)8-10/h5-7,10H,3-4,8H2,1-2H3,(H2,15,16,17,22). The Balaban J connectivity index is 2.00. The van der Waals surface area contributed by atoms with Crippen molar-refractivity contribution in [1.29, 1.82) is 0 Å². The number of ether oxygens (including phenoxy) is 2. The fourth-order valence-corrected chi connectivity index (χ4v) is 4.18. The summed E-state index contributed by atoms with van der Waals surface area (Å²) in [6.07, 6.45) is 0.478. The summed E-state index contributed by atoms with van der Waals surface area (Å²) in [5.41, 5.74) is 0.324. The van der Waals surface area contributed by atoms with Gasteiger partial charge in [0.25, 0.3) is 5.91 Å². The summed E-state index contributed by atoms with van der Waals surface area (Å²) in [6, 6.07) is 4.49. The second-order valence-corrected chi connectivity index (χ2v) is 7.77. The van der Waals surface area contributed by atoms with E-state index in [1.165, 1.54) is 14.2 Å². The summed E-state index contributed by atoms with van der Waals surface area (Å²) in [6.45, 7) is 0. The monoisotopic (exact) mass is 358 g/mol. The van der Waals surface area contributed by atoms with Crippen LogP contribution >= 0.6 is 12.2 Å². The number of carbonyl (C=O) groups is 1. The molecule has 2 N–H and O–H groups in total. The number of hydrogen-bond acceptors (Lipinski definition) is 6. The molecule has 1 aromatic carbocycles. The van der Waals surface area contributed by atoms with E-state index in [-0.39, 0.29) is 22.7 Å². The van der Waals surface area contributed by atoms with Crippen molar-refractivity contribution in [3.63, 3.8) is 0 Å². The molecule has 0 bridgehead atoms. The zero-order chi connectivity index (χ0) is 17.0. The van der Waals surface area contributed by atoms with E-state index in [0.717, 1.165) is 0 Å². The maximum absolute atomic E-state index is 12.2. The third-order valence-corrected chi connectivity index (χ3v) is 5.40. The molecule has 0 aliphatic carbocycles. The molecule has 0 radical (unpaired) electrons. The maximum Gasteiger partial charge on any atom is 0.257 e. The second-order valence-electron chi connectivity index (χ2n) is 5.13. The van der Waals surface area contributed by atoms with E-state index < -0.39 is 15.7 Å². The summed E-state index contributed by atoms with van der Waals surface area (Å²) in [5.74, 6) is 0.690. The average molecular weight is 358 g/mol. The lowest BCUT2D eigenvalue weighted by Gasteiger charge is -2.14. The highest BCUT2D eigenvalue weighted by Crippen LogP contribution is 2.22. The van der Waals surface area contributed by atoms with Gasteiger partial charge in [0.05, 0.1) is 25.7 Å². The SMILES string of the molecule is COc1cc(OC)cc(C(=O)NC(=S)NC2CCS(=O)(=O)C2)c1. The molecule has 0 spiro atoms. The average Bonchev–Trinajstić information content (AvgIpc) is 2.85. The fraction of sp³-hybridized carbons (Fsp3) is 0.429. The zero-order valence-electron chi connectivity index (χ0n) is 12.8. The molecular weight excluding hydrogens is 340 g/mol. The minimum atomic E-state index is -3.01. The van der Waals surface area contributed by atoms with Crippen molar-refractivity contribution in [2.75, 3.05) is 25.7 Å². The van der Waals surface area contributed by atoms with Crippen molar-refractivity contribution in [2.45, 2.75) is 12.5 Å². The predicted molar refractivity (Wildman–Crippen MR) is 89.8 cm³/mol. The van der Waals surface area contributed by atoms with Gasteiger partial charge in [0, 0.05) is 17.7 Å². The molecule has 23 heavy (non-hydrogen) atoms. The van der Waals surface area contributed by atoms with Gasteiger partial charge in [-0.3, -0.25) is 10.1 Å². The first-order chi connectivity index (χ1) is 10.8. The molecule has 2 rings (SSSR count). The number of thiocarbonyl (C=S) groups is 1. The molecule has 1 unspecified atom stereocenters. The highest BCUT2D eigenvalue weighted by Gasteiger charge is 2.28. The largest absolute Gasteiger partial charge is 0.497 e. The molecule has 9 heteroatoms. The van der Waals surface area contributed by atoms with Gasteiger partial charge in [0.1, 0.15) is 11.5 Å². The van der Waals surface area contributed by atoms with Crippen molar-refractivity contribution in [3.05, 3.63) is 23.8 Å². The van der Waals surface area contributed by atoms with Crippen LogP contribution in [0.15, 0.2) is 18.2 Å². The fourth-order valence-electron chi connectivity index (χ4n) is 2.24. The minimum absolute atomic E-state index is 0.0238. The third kappa shape index (κ3) is 4.80. The van der Waals surface area contributed by atoms with Crippen LogP contribution in [0.25, 0.3) is 0 Å². The van der Waals surface area contributed by atoms with Gasteiger partial charge in [-0.25, -0.2) is 8.42 Å². The van der Waals surface area contributed by atoms with Crippen LogP contribution in [0.4, 0.5) is 0 Å². The molecular formula is C14H18N2O5S2. The van der Waals surface area contributed by atoms with E-state index in [1.54, 1.807) is 18.2 Å². The normalized spacial score (nSPS) is 19.0. The summed E-state index contributed by atoms with van der Waals surface area (Å²) in [5, 5.41) is 5.47. The van der Waals surface area contributed by atoms with E-state index in [4.69, 9.17) is 21.7 Å². The van der Waals surface area contributed by atoms with Crippen LogP contribution in [-0.2, 0) is 9.84 Å². The van der Waals surface area contributed by atoms with Crippen molar-refractivity contribution in [1.82, 2.24) is 10.6 Å². The zero-order valence-corrected chi connectivity index (χ0v) is 14.4. The Bertz CT molecular complexity index is 696. The smallest absolute Gasteiger partial charge is 0.257 e. The first kappa shape index (κ1) is 17.5. The van der Waals surface area contributed by atoms with Gasteiger partial charge in [0.2, 0.25) is 0 Å². The number of methoxy groups -OCH3 is 2. The molecule has 1 atom stereocenters. The first-order valence-electron chi connectivity index (χ1n) is 6.88. The summed E-state index contributed by atoms with van der Waals surface area (Å²) in [7, 11) is -0.0291. The van der Waals surface area contributed by atoms with Crippen molar-refractivity contribution in [2.24, 2.45) is 0 Å². The van der Waals surface area contributed by atoms with Gasteiger partial charge in [-0.05, 0) is 30.8 Å². The highest BCUT2D eigenvalue weighted by molar-refractivity contribution is 7.91. The van der Waals surface area contributed by atoms with Gasteiger partial charge in [-0.1, -0.05) is 0 Å². The van der Waals surface area contributed by atoms with Crippen molar-refractivity contribution >= 4 is 33.1 Å². The van der Waals surface area contributed by atoms with E-state index in [1.807, 2.05) is 0 Å². The summed E-state index contributed by atoms with van der Waals surface area (Å²) >= 11 is 5.06. The molecule has 0 saturated carbocycles. The van der Waals surface area contributed by atoms with E-state index in [9.17, 15) is 13.2 Å².